The van der Waals surface area contributed by atoms with E-state index in [9.17, 15) is 4.79 Å². The van der Waals surface area contributed by atoms with Crippen molar-refractivity contribution >= 4 is 21.8 Å². The second-order valence-corrected chi connectivity index (χ2v) is 5.38. The van der Waals surface area contributed by atoms with E-state index >= 15 is 0 Å². The van der Waals surface area contributed by atoms with E-state index in [0.29, 0.717) is 23.7 Å². The number of carbonyl (C=O) groups excluding carboxylic acids is 1. The van der Waals surface area contributed by atoms with Crippen LogP contribution in [-0.2, 0) is 11.2 Å². The molecule has 2 rings (SSSR count). The van der Waals surface area contributed by atoms with Gasteiger partial charge in [0.25, 0.3) is 0 Å². The Labute approximate surface area is 104 Å². The molecule has 1 aromatic heterocycles. The Kier molecular flexibility index (Phi) is 4.04. The van der Waals surface area contributed by atoms with Crippen molar-refractivity contribution in [2.75, 3.05) is 0 Å². The van der Waals surface area contributed by atoms with Crippen molar-refractivity contribution in [2.45, 2.75) is 43.0 Å². The van der Waals surface area contributed by atoms with Gasteiger partial charge >= 0.3 is 0 Å². The average Bonchev–Trinajstić information content (AvgIpc) is 2.88. The van der Waals surface area contributed by atoms with Crippen molar-refractivity contribution in [1.82, 2.24) is 5.32 Å². The van der Waals surface area contributed by atoms with E-state index in [4.69, 9.17) is 4.42 Å². The molecule has 1 aliphatic carbocycles. The molecule has 1 saturated carbocycles. The van der Waals surface area contributed by atoms with Crippen LogP contribution in [0.25, 0.3) is 0 Å². The van der Waals surface area contributed by atoms with Crippen LogP contribution in [0.4, 0.5) is 0 Å². The number of furan rings is 1. The van der Waals surface area contributed by atoms with Crippen molar-refractivity contribution in [1.29, 1.82) is 0 Å². The molecule has 1 N–H and O–H groups in total. The summed E-state index contributed by atoms with van der Waals surface area (Å²) in [7, 11) is 0. The molecule has 1 heterocycles. The number of alkyl halides is 1. The van der Waals surface area contributed by atoms with Crippen LogP contribution >= 0.6 is 15.9 Å². The minimum absolute atomic E-state index is 0.118. The smallest absolute Gasteiger partial charge is 0.220 e. The molecule has 1 aliphatic rings. The van der Waals surface area contributed by atoms with Crippen molar-refractivity contribution in [3.8, 4) is 0 Å². The molecule has 16 heavy (non-hydrogen) atoms. The molecular weight excluding hydrogens is 270 g/mol. The molecule has 0 aliphatic heterocycles. The molecule has 0 saturated heterocycles. The number of hydrogen-bond donors (Lipinski definition) is 1. The van der Waals surface area contributed by atoms with Crippen LogP contribution in [-0.4, -0.2) is 16.8 Å². The summed E-state index contributed by atoms with van der Waals surface area (Å²) in [4.78, 5) is 12.1. The van der Waals surface area contributed by atoms with Gasteiger partial charge < -0.3 is 9.73 Å². The fourth-order valence-corrected chi connectivity index (χ4v) is 2.77. The van der Waals surface area contributed by atoms with E-state index in [2.05, 4.69) is 21.2 Å². The minimum atomic E-state index is 0.118. The molecule has 0 spiro atoms. The van der Waals surface area contributed by atoms with Gasteiger partial charge in [-0.1, -0.05) is 22.4 Å². The number of rotatable bonds is 4. The summed E-state index contributed by atoms with van der Waals surface area (Å²) in [5.74, 6) is 0.990. The number of aryl methyl sites for hydroxylation is 1. The topological polar surface area (TPSA) is 42.2 Å². The zero-order valence-corrected chi connectivity index (χ0v) is 10.7. The molecule has 4 heteroatoms. The molecule has 2 unspecified atom stereocenters. The molecule has 0 bridgehead atoms. The Morgan fingerprint density at radius 2 is 2.44 bits per heavy atom. The summed E-state index contributed by atoms with van der Waals surface area (Å²) < 4.78 is 5.19. The molecule has 1 aromatic rings. The van der Waals surface area contributed by atoms with Crippen molar-refractivity contribution in [3.05, 3.63) is 24.2 Å². The van der Waals surface area contributed by atoms with Gasteiger partial charge in [-0.15, -0.1) is 0 Å². The number of hydrogen-bond acceptors (Lipinski definition) is 2. The van der Waals surface area contributed by atoms with E-state index in [1.165, 1.54) is 6.42 Å². The number of carbonyl (C=O) groups is 1. The van der Waals surface area contributed by atoms with Gasteiger partial charge in [0.15, 0.2) is 0 Å². The third-order valence-corrected chi connectivity index (χ3v) is 4.05. The molecule has 3 nitrogen and oxygen atoms in total. The van der Waals surface area contributed by atoms with Crippen LogP contribution in [0.3, 0.4) is 0 Å². The largest absolute Gasteiger partial charge is 0.469 e. The van der Waals surface area contributed by atoms with E-state index in [1.54, 1.807) is 6.26 Å². The van der Waals surface area contributed by atoms with Crippen LogP contribution in [0.15, 0.2) is 22.8 Å². The fourth-order valence-electron chi connectivity index (χ4n) is 2.05. The van der Waals surface area contributed by atoms with Gasteiger partial charge in [-0.2, -0.15) is 0 Å². The van der Waals surface area contributed by atoms with Crippen molar-refractivity contribution in [3.63, 3.8) is 0 Å². The second kappa shape index (κ2) is 5.53. The summed E-state index contributed by atoms with van der Waals surface area (Å²) in [6, 6.07) is 4.05. The standard InChI is InChI=1S/C12H16BrNO2/c13-10-4-1-5-11(10)14-12(15)7-6-9-3-2-8-16-9/h2-3,8,10-11H,1,4-7H2,(H,14,15). The summed E-state index contributed by atoms with van der Waals surface area (Å²) in [6.45, 7) is 0. The third-order valence-electron chi connectivity index (χ3n) is 2.96. The van der Waals surface area contributed by atoms with Crippen molar-refractivity contribution < 1.29 is 9.21 Å². The third kappa shape index (κ3) is 3.11. The highest BCUT2D eigenvalue weighted by Gasteiger charge is 2.25. The first kappa shape index (κ1) is 11.7. The lowest BCUT2D eigenvalue weighted by Crippen LogP contribution is -2.37. The van der Waals surface area contributed by atoms with Crippen LogP contribution in [0.2, 0.25) is 0 Å². The Bertz CT molecular complexity index is 337. The summed E-state index contributed by atoms with van der Waals surface area (Å²) in [6.07, 6.45) is 6.26. The molecule has 0 aromatic carbocycles. The molecule has 1 fully saturated rings. The quantitative estimate of drug-likeness (QED) is 0.865. The first-order valence-corrected chi connectivity index (χ1v) is 6.63. The first-order chi connectivity index (χ1) is 7.75. The zero-order chi connectivity index (χ0) is 11.4. The van der Waals surface area contributed by atoms with Gasteiger partial charge in [-0.3, -0.25) is 4.79 Å². The maximum atomic E-state index is 11.7. The van der Waals surface area contributed by atoms with E-state index < -0.39 is 0 Å². The monoisotopic (exact) mass is 285 g/mol. The highest BCUT2D eigenvalue weighted by molar-refractivity contribution is 9.09. The van der Waals surface area contributed by atoms with Crippen molar-refractivity contribution in [2.24, 2.45) is 0 Å². The SMILES string of the molecule is O=C(CCc1ccco1)NC1CCCC1Br. The summed E-state index contributed by atoms with van der Waals surface area (Å²) in [5.41, 5.74) is 0. The second-order valence-electron chi connectivity index (χ2n) is 4.20. The number of amides is 1. The normalized spacial score (nSPS) is 24.6. The number of nitrogens with one attached hydrogen (secondary N) is 1. The molecule has 0 radical (unpaired) electrons. The summed E-state index contributed by atoms with van der Waals surface area (Å²) >= 11 is 3.59. The maximum absolute atomic E-state index is 11.7. The minimum Gasteiger partial charge on any atom is -0.469 e. The van der Waals surface area contributed by atoms with Gasteiger partial charge in [0, 0.05) is 23.7 Å². The van der Waals surface area contributed by atoms with E-state index in [1.807, 2.05) is 12.1 Å². The van der Waals surface area contributed by atoms with Gasteiger partial charge in [0.1, 0.15) is 5.76 Å². The van der Waals surface area contributed by atoms with Crippen LogP contribution in [0.1, 0.15) is 31.4 Å². The lowest BCUT2D eigenvalue weighted by atomic mass is 10.2. The van der Waals surface area contributed by atoms with Gasteiger partial charge in [0.05, 0.1) is 6.26 Å². The van der Waals surface area contributed by atoms with Gasteiger partial charge in [-0.05, 0) is 25.0 Å². The van der Waals surface area contributed by atoms with Gasteiger partial charge in [-0.25, -0.2) is 0 Å². The van der Waals surface area contributed by atoms with Gasteiger partial charge in [0.2, 0.25) is 5.91 Å². The van der Waals surface area contributed by atoms with E-state index in [-0.39, 0.29) is 5.91 Å². The Hall–Kier alpha value is -0.770. The average molecular weight is 286 g/mol. The first-order valence-electron chi connectivity index (χ1n) is 5.71. The zero-order valence-electron chi connectivity index (χ0n) is 9.12. The fraction of sp³-hybridized carbons (Fsp3) is 0.583. The molecule has 88 valence electrons. The van der Waals surface area contributed by atoms with Crippen LogP contribution in [0, 0.1) is 0 Å². The maximum Gasteiger partial charge on any atom is 0.220 e. The predicted molar refractivity (Wildman–Crippen MR) is 65.5 cm³/mol. The van der Waals surface area contributed by atoms with E-state index in [0.717, 1.165) is 18.6 Å². The van der Waals surface area contributed by atoms with Crippen LogP contribution in [0.5, 0.6) is 0 Å². The Morgan fingerprint density at radius 1 is 1.56 bits per heavy atom. The highest BCUT2D eigenvalue weighted by Crippen LogP contribution is 2.25. The highest BCUT2D eigenvalue weighted by atomic mass is 79.9. The predicted octanol–water partition coefficient (Wildman–Crippen LogP) is 2.64. The molecule has 1 amide bonds. The lowest BCUT2D eigenvalue weighted by molar-refractivity contribution is -0.121. The number of halogens is 1. The lowest BCUT2D eigenvalue weighted by Gasteiger charge is -2.15. The Balaban J connectivity index is 1.72. The Morgan fingerprint density at radius 3 is 3.06 bits per heavy atom. The molecule has 2 atom stereocenters. The molecular formula is C12H16BrNO2. The summed E-state index contributed by atoms with van der Waals surface area (Å²) in [5, 5.41) is 3.06. The van der Waals surface area contributed by atoms with Crippen LogP contribution < -0.4 is 5.32 Å².